The number of ether oxygens (including phenoxy) is 1. The van der Waals surface area contributed by atoms with E-state index in [2.05, 4.69) is 55.5 Å². The average molecular weight is 213 g/mol. The molecule has 1 aliphatic rings. The SMILES string of the molecule is CCC1(OC)[C]=CC(c2ccccc2)C=C1. The summed E-state index contributed by atoms with van der Waals surface area (Å²) in [6, 6.07) is 10.4. The lowest BCUT2D eigenvalue weighted by Crippen LogP contribution is -2.27. The molecule has 0 saturated carbocycles. The molecular weight excluding hydrogens is 196 g/mol. The van der Waals surface area contributed by atoms with Crippen LogP contribution < -0.4 is 0 Å². The largest absolute Gasteiger partial charge is 0.369 e. The molecule has 1 radical (unpaired) electrons. The summed E-state index contributed by atoms with van der Waals surface area (Å²) in [5, 5.41) is 0. The first-order chi connectivity index (χ1) is 7.79. The molecule has 1 aromatic rings. The normalized spacial score (nSPS) is 28.2. The van der Waals surface area contributed by atoms with Crippen molar-refractivity contribution >= 4 is 0 Å². The van der Waals surface area contributed by atoms with Crippen molar-refractivity contribution in [1.29, 1.82) is 0 Å². The second kappa shape index (κ2) is 4.67. The number of rotatable bonds is 3. The predicted molar refractivity (Wildman–Crippen MR) is 66.2 cm³/mol. The summed E-state index contributed by atoms with van der Waals surface area (Å²) in [5.41, 5.74) is 0.984. The Kier molecular flexibility index (Phi) is 3.25. The van der Waals surface area contributed by atoms with Crippen molar-refractivity contribution in [3.05, 3.63) is 60.2 Å². The molecule has 83 valence electrons. The highest BCUT2D eigenvalue weighted by Gasteiger charge is 2.25. The molecule has 0 saturated heterocycles. The van der Waals surface area contributed by atoms with Crippen molar-refractivity contribution in [3.63, 3.8) is 0 Å². The molecule has 0 heterocycles. The van der Waals surface area contributed by atoms with Crippen LogP contribution in [0.15, 0.2) is 48.6 Å². The van der Waals surface area contributed by atoms with Crippen molar-refractivity contribution in [2.75, 3.05) is 7.11 Å². The molecule has 2 rings (SSSR count). The van der Waals surface area contributed by atoms with Crippen LogP contribution in [0.1, 0.15) is 24.8 Å². The average Bonchev–Trinajstić information content (AvgIpc) is 2.40. The van der Waals surface area contributed by atoms with Crippen molar-refractivity contribution in [3.8, 4) is 0 Å². The fraction of sp³-hybridized carbons (Fsp3) is 0.333. The smallest absolute Gasteiger partial charge is 0.111 e. The van der Waals surface area contributed by atoms with Gasteiger partial charge in [0.15, 0.2) is 0 Å². The molecule has 0 aromatic heterocycles. The fourth-order valence-electron chi connectivity index (χ4n) is 1.97. The van der Waals surface area contributed by atoms with Crippen LogP contribution in [0.3, 0.4) is 0 Å². The molecule has 1 aromatic carbocycles. The Morgan fingerprint density at radius 2 is 2.06 bits per heavy atom. The van der Waals surface area contributed by atoms with Gasteiger partial charge in [0.1, 0.15) is 5.60 Å². The molecule has 2 atom stereocenters. The summed E-state index contributed by atoms with van der Waals surface area (Å²) in [6.07, 6.45) is 10.7. The Bertz CT molecular complexity index is 369. The van der Waals surface area contributed by atoms with Gasteiger partial charge in [-0.25, -0.2) is 0 Å². The Morgan fingerprint density at radius 3 is 2.56 bits per heavy atom. The van der Waals surface area contributed by atoms with Gasteiger partial charge in [-0.2, -0.15) is 0 Å². The van der Waals surface area contributed by atoms with E-state index in [1.807, 2.05) is 6.07 Å². The van der Waals surface area contributed by atoms with Gasteiger partial charge in [0.05, 0.1) is 0 Å². The fourth-order valence-corrected chi connectivity index (χ4v) is 1.97. The van der Waals surface area contributed by atoms with E-state index in [9.17, 15) is 0 Å². The number of hydrogen-bond donors (Lipinski definition) is 0. The van der Waals surface area contributed by atoms with Crippen LogP contribution in [-0.2, 0) is 4.74 Å². The minimum Gasteiger partial charge on any atom is -0.369 e. The highest BCUT2D eigenvalue weighted by Crippen LogP contribution is 2.29. The molecular formula is C15H17O. The molecule has 0 amide bonds. The monoisotopic (exact) mass is 213 g/mol. The zero-order valence-corrected chi connectivity index (χ0v) is 9.81. The van der Waals surface area contributed by atoms with Crippen LogP contribution in [0.2, 0.25) is 0 Å². The number of hydrogen-bond acceptors (Lipinski definition) is 1. The van der Waals surface area contributed by atoms with Crippen LogP contribution >= 0.6 is 0 Å². The Labute approximate surface area is 97.4 Å². The first-order valence-corrected chi connectivity index (χ1v) is 5.70. The van der Waals surface area contributed by atoms with E-state index in [1.54, 1.807) is 7.11 Å². The molecule has 0 bridgehead atoms. The molecule has 0 fully saturated rings. The first kappa shape index (κ1) is 11.2. The van der Waals surface area contributed by atoms with E-state index in [4.69, 9.17) is 4.74 Å². The molecule has 1 aliphatic carbocycles. The van der Waals surface area contributed by atoms with Gasteiger partial charge < -0.3 is 4.74 Å². The maximum atomic E-state index is 5.48. The van der Waals surface area contributed by atoms with Crippen molar-refractivity contribution < 1.29 is 4.74 Å². The third kappa shape index (κ3) is 2.10. The summed E-state index contributed by atoms with van der Waals surface area (Å²) in [5.74, 6) is 0.330. The Hall–Kier alpha value is -1.34. The van der Waals surface area contributed by atoms with Gasteiger partial charge in [-0.15, -0.1) is 0 Å². The van der Waals surface area contributed by atoms with Crippen molar-refractivity contribution in [1.82, 2.24) is 0 Å². The maximum Gasteiger partial charge on any atom is 0.111 e. The first-order valence-electron chi connectivity index (χ1n) is 5.70. The second-order valence-corrected chi connectivity index (χ2v) is 4.05. The van der Waals surface area contributed by atoms with Gasteiger partial charge in [-0.05, 0) is 18.1 Å². The van der Waals surface area contributed by atoms with Crippen LogP contribution in [0.4, 0.5) is 0 Å². The van der Waals surface area contributed by atoms with E-state index in [-0.39, 0.29) is 5.60 Å². The second-order valence-electron chi connectivity index (χ2n) is 4.05. The molecule has 0 aliphatic heterocycles. The number of methoxy groups -OCH3 is 1. The highest BCUT2D eigenvalue weighted by atomic mass is 16.5. The van der Waals surface area contributed by atoms with E-state index in [0.29, 0.717) is 5.92 Å². The summed E-state index contributed by atoms with van der Waals surface area (Å²) < 4.78 is 5.48. The maximum absolute atomic E-state index is 5.48. The summed E-state index contributed by atoms with van der Waals surface area (Å²) >= 11 is 0. The van der Waals surface area contributed by atoms with E-state index >= 15 is 0 Å². The Balaban J connectivity index is 2.18. The van der Waals surface area contributed by atoms with E-state index in [0.717, 1.165) is 6.42 Å². The lowest BCUT2D eigenvalue weighted by atomic mass is 9.87. The van der Waals surface area contributed by atoms with Crippen molar-refractivity contribution in [2.45, 2.75) is 24.9 Å². The predicted octanol–water partition coefficient (Wildman–Crippen LogP) is 3.49. The van der Waals surface area contributed by atoms with Crippen LogP contribution in [0.5, 0.6) is 0 Å². The minimum atomic E-state index is -0.314. The third-order valence-corrected chi connectivity index (χ3v) is 3.15. The number of benzene rings is 1. The molecule has 0 spiro atoms. The lowest BCUT2D eigenvalue weighted by molar-refractivity contribution is 0.0627. The summed E-state index contributed by atoms with van der Waals surface area (Å²) in [6.45, 7) is 2.11. The van der Waals surface area contributed by atoms with Gasteiger partial charge in [0.25, 0.3) is 0 Å². The van der Waals surface area contributed by atoms with Gasteiger partial charge in [-0.1, -0.05) is 55.5 Å². The van der Waals surface area contributed by atoms with Crippen molar-refractivity contribution in [2.24, 2.45) is 0 Å². The van der Waals surface area contributed by atoms with Gasteiger partial charge in [-0.3, -0.25) is 0 Å². The molecule has 0 N–H and O–H groups in total. The zero-order valence-electron chi connectivity index (χ0n) is 9.81. The summed E-state index contributed by atoms with van der Waals surface area (Å²) in [4.78, 5) is 0. The van der Waals surface area contributed by atoms with Crippen LogP contribution in [0.25, 0.3) is 0 Å². The van der Waals surface area contributed by atoms with Gasteiger partial charge in [0, 0.05) is 13.0 Å². The highest BCUT2D eigenvalue weighted by molar-refractivity contribution is 5.33. The van der Waals surface area contributed by atoms with Crippen LogP contribution in [0, 0.1) is 6.08 Å². The number of allylic oxidation sites excluding steroid dienone is 2. The zero-order chi connectivity index (χ0) is 11.4. The molecule has 16 heavy (non-hydrogen) atoms. The molecule has 2 unspecified atom stereocenters. The van der Waals surface area contributed by atoms with Gasteiger partial charge >= 0.3 is 0 Å². The quantitative estimate of drug-likeness (QED) is 0.698. The van der Waals surface area contributed by atoms with Crippen LogP contribution in [-0.4, -0.2) is 12.7 Å². The van der Waals surface area contributed by atoms with Gasteiger partial charge in [0.2, 0.25) is 0 Å². The minimum absolute atomic E-state index is 0.314. The lowest BCUT2D eigenvalue weighted by Gasteiger charge is -2.27. The van der Waals surface area contributed by atoms with E-state index < -0.39 is 0 Å². The van der Waals surface area contributed by atoms with E-state index in [1.165, 1.54) is 5.56 Å². The Morgan fingerprint density at radius 1 is 1.31 bits per heavy atom. The molecule has 1 heteroatoms. The standard InChI is InChI=1S/C15H17O/c1-3-15(16-2)11-9-14(10-12-15)13-7-5-4-6-8-13/h4-11,14H,3H2,1-2H3. The summed E-state index contributed by atoms with van der Waals surface area (Å²) in [7, 11) is 1.73. The molecule has 1 nitrogen and oxygen atoms in total. The topological polar surface area (TPSA) is 9.23 Å². The third-order valence-electron chi connectivity index (χ3n) is 3.15.